The van der Waals surface area contributed by atoms with Gasteiger partial charge in [0.15, 0.2) is 9.84 Å². The van der Waals surface area contributed by atoms with E-state index in [4.69, 9.17) is 0 Å². The third-order valence-corrected chi connectivity index (χ3v) is 7.99. The molecule has 0 radical (unpaired) electrons. The summed E-state index contributed by atoms with van der Waals surface area (Å²) >= 11 is 0. The Balaban J connectivity index is 1.50. The van der Waals surface area contributed by atoms with Crippen molar-refractivity contribution in [2.75, 3.05) is 0 Å². The Morgan fingerprint density at radius 1 is 0.727 bits per heavy atom. The maximum absolute atomic E-state index is 12.7. The minimum Gasteiger partial charge on any atom is -0.300 e. The molecule has 3 aromatic carbocycles. The standard InChI is InChI=1S/C29H34O3S/c1-3-24-12-14-26(15-13-24)16-19-28(23(2)30)11-7-10-25-17-20-29(21-18-25)33(31,32)22-27-8-5-4-6-9-27/h4-6,8-9,12-15,17-18,20-21,28H,3,7,10-11,16,19,22H2,1-2H3. The summed E-state index contributed by atoms with van der Waals surface area (Å²) in [6.07, 6.45) is 5.44. The van der Waals surface area contributed by atoms with Gasteiger partial charge in [-0.15, -0.1) is 0 Å². The minimum atomic E-state index is -3.36. The van der Waals surface area contributed by atoms with Gasteiger partial charge in [-0.05, 0) is 79.8 Å². The number of benzene rings is 3. The van der Waals surface area contributed by atoms with E-state index in [9.17, 15) is 13.2 Å². The molecule has 174 valence electrons. The van der Waals surface area contributed by atoms with Gasteiger partial charge in [0.25, 0.3) is 0 Å². The molecule has 0 N–H and O–H groups in total. The van der Waals surface area contributed by atoms with Crippen molar-refractivity contribution in [3.05, 3.63) is 101 Å². The van der Waals surface area contributed by atoms with Crippen molar-refractivity contribution >= 4 is 15.6 Å². The van der Waals surface area contributed by atoms with Crippen molar-refractivity contribution in [3.8, 4) is 0 Å². The predicted octanol–water partition coefficient (Wildman–Crippen LogP) is 6.38. The van der Waals surface area contributed by atoms with E-state index in [1.165, 1.54) is 11.1 Å². The lowest BCUT2D eigenvalue weighted by molar-refractivity contribution is -0.121. The highest BCUT2D eigenvalue weighted by Crippen LogP contribution is 2.21. The molecule has 1 unspecified atom stereocenters. The highest BCUT2D eigenvalue weighted by molar-refractivity contribution is 7.90. The van der Waals surface area contributed by atoms with Gasteiger partial charge in [0.1, 0.15) is 5.78 Å². The molecule has 0 aliphatic heterocycles. The van der Waals surface area contributed by atoms with Crippen LogP contribution in [0.2, 0.25) is 0 Å². The van der Waals surface area contributed by atoms with Crippen LogP contribution in [-0.4, -0.2) is 14.2 Å². The fraction of sp³-hybridized carbons (Fsp3) is 0.345. The molecule has 0 aromatic heterocycles. The van der Waals surface area contributed by atoms with Gasteiger partial charge in [-0.2, -0.15) is 0 Å². The molecule has 4 heteroatoms. The molecule has 3 nitrogen and oxygen atoms in total. The van der Waals surface area contributed by atoms with Crippen molar-refractivity contribution in [1.82, 2.24) is 0 Å². The van der Waals surface area contributed by atoms with Gasteiger partial charge in [-0.1, -0.05) is 73.7 Å². The smallest absolute Gasteiger partial charge is 0.182 e. The average Bonchev–Trinajstić information content (AvgIpc) is 2.82. The van der Waals surface area contributed by atoms with E-state index in [2.05, 4.69) is 31.2 Å². The van der Waals surface area contributed by atoms with Crippen molar-refractivity contribution in [3.63, 3.8) is 0 Å². The monoisotopic (exact) mass is 462 g/mol. The zero-order chi connectivity index (χ0) is 23.7. The van der Waals surface area contributed by atoms with Crippen molar-refractivity contribution in [2.24, 2.45) is 5.92 Å². The first-order valence-corrected chi connectivity index (χ1v) is 13.5. The number of ketones is 1. The Labute approximate surface area is 198 Å². The SMILES string of the molecule is CCc1ccc(CCC(CCCc2ccc(S(=O)(=O)Cc3ccccc3)cc2)C(C)=O)cc1. The molecule has 0 amide bonds. The second-order valence-corrected chi connectivity index (χ2v) is 10.8. The van der Waals surface area contributed by atoms with Gasteiger partial charge in [-0.25, -0.2) is 8.42 Å². The van der Waals surface area contributed by atoms with Crippen LogP contribution in [0.5, 0.6) is 0 Å². The second-order valence-electron chi connectivity index (χ2n) is 8.80. The molecular weight excluding hydrogens is 428 g/mol. The molecule has 0 spiro atoms. The van der Waals surface area contributed by atoms with Crippen LogP contribution < -0.4 is 0 Å². The van der Waals surface area contributed by atoms with E-state index in [1.807, 2.05) is 42.5 Å². The van der Waals surface area contributed by atoms with Gasteiger partial charge in [0.2, 0.25) is 0 Å². The van der Waals surface area contributed by atoms with Crippen LogP contribution in [0.1, 0.15) is 55.4 Å². The summed E-state index contributed by atoms with van der Waals surface area (Å²) in [7, 11) is -3.36. The van der Waals surface area contributed by atoms with Crippen LogP contribution in [0, 0.1) is 5.92 Å². The summed E-state index contributed by atoms with van der Waals surface area (Å²) in [5, 5.41) is 0. The summed E-state index contributed by atoms with van der Waals surface area (Å²) in [5.41, 5.74) is 4.51. The van der Waals surface area contributed by atoms with Gasteiger partial charge in [0, 0.05) is 5.92 Å². The number of Topliss-reactive ketones (excluding diaryl/α,β-unsaturated/α-hetero) is 1. The molecule has 1 atom stereocenters. The minimum absolute atomic E-state index is 0.00858. The predicted molar refractivity (Wildman–Crippen MR) is 135 cm³/mol. The number of carbonyl (C=O) groups is 1. The van der Waals surface area contributed by atoms with E-state index >= 15 is 0 Å². The molecule has 3 aromatic rings. The van der Waals surface area contributed by atoms with E-state index in [0.29, 0.717) is 4.90 Å². The first kappa shape index (κ1) is 24.9. The molecular formula is C29H34O3S. The van der Waals surface area contributed by atoms with Crippen LogP contribution >= 0.6 is 0 Å². The molecule has 0 fully saturated rings. The molecule has 0 aliphatic rings. The van der Waals surface area contributed by atoms with Crippen LogP contribution in [0.3, 0.4) is 0 Å². The zero-order valence-corrected chi connectivity index (χ0v) is 20.5. The van der Waals surface area contributed by atoms with E-state index in [0.717, 1.165) is 49.7 Å². The number of aryl methyl sites for hydroxylation is 3. The first-order valence-electron chi connectivity index (χ1n) is 11.8. The zero-order valence-electron chi connectivity index (χ0n) is 19.7. The summed E-state index contributed by atoms with van der Waals surface area (Å²) < 4.78 is 25.4. The lowest BCUT2D eigenvalue weighted by Crippen LogP contribution is -2.12. The highest BCUT2D eigenvalue weighted by atomic mass is 32.2. The molecule has 0 bridgehead atoms. The Kier molecular flexibility index (Phi) is 9.02. The largest absolute Gasteiger partial charge is 0.300 e. The lowest BCUT2D eigenvalue weighted by Gasteiger charge is -2.14. The fourth-order valence-corrected chi connectivity index (χ4v) is 5.48. The number of hydrogen-bond donors (Lipinski definition) is 0. The van der Waals surface area contributed by atoms with Crippen molar-refractivity contribution in [2.45, 2.75) is 63.0 Å². The molecule has 3 rings (SSSR count). The van der Waals surface area contributed by atoms with Gasteiger partial charge >= 0.3 is 0 Å². The topological polar surface area (TPSA) is 51.2 Å². The van der Waals surface area contributed by atoms with Crippen molar-refractivity contribution in [1.29, 1.82) is 0 Å². The van der Waals surface area contributed by atoms with Crippen LogP contribution in [0.4, 0.5) is 0 Å². The van der Waals surface area contributed by atoms with Crippen molar-refractivity contribution < 1.29 is 13.2 Å². The summed E-state index contributed by atoms with van der Waals surface area (Å²) in [6.45, 7) is 3.84. The molecule has 0 saturated carbocycles. The Bertz CT molecular complexity index is 1120. The summed E-state index contributed by atoms with van der Waals surface area (Å²) in [6, 6.07) is 25.1. The van der Waals surface area contributed by atoms with Crippen LogP contribution in [-0.2, 0) is 39.6 Å². The van der Waals surface area contributed by atoms with Crippen LogP contribution in [0.15, 0.2) is 83.8 Å². The Morgan fingerprint density at radius 2 is 1.30 bits per heavy atom. The maximum atomic E-state index is 12.7. The van der Waals surface area contributed by atoms with E-state index in [1.54, 1.807) is 19.1 Å². The number of carbonyl (C=O) groups excluding carboxylic acids is 1. The normalized spacial score (nSPS) is 12.4. The van der Waals surface area contributed by atoms with E-state index in [-0.39, 0.29) is 17.5 Å². The third-order valence-electron chi connectivity index (χ3n) is 6.29. The number of sulfone groups is 1. The summed E-state index contributed by atoms with van der Waals surface area (Å²) in [4.78, 5) is 12.5. The first-order chi connectivity index (χ1) is 15.9. The molecule has 0 aliphatic carbocycles. The molecule has 33 heavy (non-hydrogen) atoms. The summed E-state index contributed by atoms with van der Waals surface area (Å²) in [5.74, 6) is 0.332. The highest BCUT2D eigenvalue weighted by Gasteiger charge is 2.16. The number of rotatable bonds is 12. The van der Waals surface area contributed by atoms with E-state index < -0.39 is 9.84 Å². The second kappa shape index (κ2) is 11.9. The van der Waals surface area contributed by atoms with Crippen LogP contribution in [0.25, 0.3) is 0 Å². The maximum Gasteiger partial charge on any atom is 0.182 e. The lowest BCUT2D eigenvalue weighted by atomic mass is 9.90. The van der Waals surface area contributed by atoms with Gasteiger partial charge < -0.3 is 0 Å². The average molecular weight is 463 g/mol. The Morgan fingerprint density at radius 3 is 1.91 bits per heavy atom. The van der Waals surface area contributed by atoms with Gasteiger partial charge in [0.05, 0.1) is 10.6 Å². The fourth-order valence-electron chi connectivity index (χ4n) is 4.13. The number of hydrogen-bond acceptors (Lipinski definition) is 3. The molecule has 0 heterocycles. The Hall–Kier alpha value is -2.72. The van der Waals surface area contributed by atoms with Gasteiger partial charge in [-0.3, -0.25) is 4.79 Å². The molecule has 0 saturated heterocycles. The third kappa shape index (κ3) is 7.68. The quantitative estimate of drug-likeness (QED) is 0.314.